The molecular formula is C19H20N4O2S. The zero-order valence-corrected chi connectivity index (χ0v) is 15.7. The van der Waals surface area contributed by atoms with Crippen molar-refractivity contribution in [3.05, 3.63) is 59.7 Å². The summed E-state index contributed by atoms with van der Waals surface area (Å²) in [6.07, 6.45) is 0. The number of carbonyl (C=O) groups is 1. The van der Waals surface area contributed by atoms with Crippen molar-refractivity contribution in [1.82, 2.24) is 20.2 Å². The SMILES string of the molecule is COc1cccc(-n2nnnc2SCC(=O)c2ccc(C(C)C)cc2)c1. The molecule has 0 N–H and O–H groups in total. The second kappa shape index (κ2) is 8.14. The molecule has 134 valence electrons. The lowest BCUT2D eigenvalue weighted by Crippen LogP contribution is -2.05. The fourth-order valence-electron chi connectivity index (χ4n) is 2.44. The number of benzene rings is 2. The lowest BCUT2D eigenvalue weighted by Gasteiger charge is -2.07. The van der Waals surface area contributed by atoms with E-state index in [9.17, 15) is 4.79 Å². The molecule has 6 nitrogen and oxygen atoms in total. The smallest absolute Gasteiger partial charge is 0.214 e. The molecular weight excluding hydrogens is 348 g/mol. The Hall–Kier alpha value is -2.67. The number of carbonyl (C=O) groups excluding carboxylic acids is 1. The summed E-state index contributed by atoms with van der Waals surface area (Å²) in [4.78, 5) is 12.5. The minimum Gasteiger partial charge on any atom is -0.497 e. The summed E-state index contributed by atoms with van der Waals surface area (Å²) >= 11 is 1.31. The van der Waals surface area contributed by atoms with Gasteiger partial charge in [0.2, 0.25) is 5.16 Å². The van der Waals surface area contributed by atoms with Crippen LogP contribution in [0.5, 0.6) is 5.75 Å². The molecule has 3 rings (SSSR count). The molecule has 0 unspecified atom stereocenters. The lowest BCUT2D eigenvalue weighted by atomic mass is 10.0. The minimum atomic E-state index is 0.0468. The molecule has 1 heterocycles. The molecule has 0 fully saturated rings. The molecule has 2 aromatic carbocycles. The summed E-state index contributed by atoms with van der Waals surface area (Å²) in [5.41, 5.74) is 2.70. The Morgan fingerprint density at radius 2 is 1.96 bits per heavy atom. The number of aromatic nitrogens is 4. The summed E-state index contributed by atoms with van der Waals surface area (Å²) in [5.74, 6) is 1.48. The molecule has 0 aliphatic carbocycles. The van der Waals surface area contributed by atoms with Crippen molar-refractivity contribution in [2.45, 2.75) is 24.9 Å². The zero-order valence-electron chi connectivity index (χ0n) is 14.9. The molecule has 0 saturated carbocycles. The average Bonchev–Trinajstić information content (AvgIpc) is 3.15. The van der Waals surface area contributed by atoms with Crippen LogP contribution in [0.4, 0.5) is 0 Å². The molecule has 0 radical (unpaired) electrons. The Morgan fingerprint density at radius 1 is 1.19 bits per heavy atom. The van der Waals surface area contributed by atoms with Crippen LogP contribution in [0.15, 0.2) is 53.7 Å². The molecule has 0 spiro atoms. The number of methoxy groups -OCH3 is 1. The second-order valence-corrected chi connectivity index (χ2v) is 7.01. The van der Waals surface area contributed by atoms with E-state index in [-0.39, 0.29) is 11.5 Å². The normalized spacial score (nSPS) is 10.9. The van der Waals surface area contributed by atoms with Crippen LogP contribution in [0.25, 0.3) is 5.69 Å². The maximum Gasteiger partial charge on any atom is 0.214 e. The van der Waals surface area contributed by atoms with E-state index in [1.807, 2.05) is 48.5 Å². The van der Waals surface area contributed by atoms with Crippen molar-refractivity contribution in [2.75, 3.05) is 12.9 Å². The van der Waals surface area contributed by atoms with Crippen LogP contribution in [0.1, 0.15) is 35.7 Å². The van der Waals surface area contributed by atoms with E-state index >= 15 is 0 Å². The van der Waals surface area contributed by atoms with Gasteiger partial charge in [-0.3, -0.25) is 4.79 Å². The maximum absolute atomic E-state index is 12.5. The summed E-state index contributed by atoms with van der Waals surface area (Å²) < 4.78 is 6.83. The molecule has 0 saturated heterocycles. The third-order valence-corrected chi connectivity index (χ3v) is 4.89. The highest BCUT2D eigenvalue weighted by molar-refractivity contribution is 7.99. The average molecular weight is 368 g/mol. The van der Waals surface area contributed by atoms with Crippen molar-refractivity contribution >= 4 is 17.5 Å². The predicted octanol–water partition coefficient (Wildman–Crippen LogP) is 3.77. The van der Waals surface area contributed by atoms with Crippen LogP contribution in [-0.4, -0.2) is 38.9 Å². The first-order chi connectivity index (χ1) is 12.6. The van der Waals surface area contributed by atoms with Crippen molar-refractivity contribution < 1.29 is 9.53 Å². The molecule has 3 aromatic rings. The fraction of sp³-hybridized carbons (Fsp3) is 0.263. The molecule has 1 aromatic heterocycles. The number of thioether (sulfide) groups is 1. The van der Waals surface area contributed by atoms with Gasteiger partial charge in [0.05, 0.1) is 18.6 Å². The number of nitrogens with zero attached hydrogens (tertiary/aromatic N) is 4. The van der Waals surface area contributed by atoms with Crippen molar-refractivity contribution in [3.8, 4) is 11.4 Å². The summed E-state index contributed by atoms with van der Waals surface area (Å²) in [6, 6.07) is 15.2. The topological polar surface area (TPSA) is 69.9 Å². The van der Waals surface area contributed by atoms with Crippen molar-refractivity contribution in [1.29, 1.82) is 0 Å². The number of ether oxygens (including phenoxy) is 1. The highest BCUT2D eigenvalue weighted by atomic mass is 32.2. The Bertz CT molecular complexity index is 891. The fourth-order valence-corrected chi connectivity index (χ4v) is 3.23. The highest BCUT2D eigenvalue weighted by Crippen LogP contribution is 2.22. The van der Waals surface area contributed by atoms with Crippen LogP contribution < -0.4 is 4.74 Å². The van der Waals surface area contributed by atoms with Gasteiger partial charge >= 0.3 is 0 Å². The van der Waals surface area contributed by atoms with Crippen LogP contribution in [0.3, 0.4) is 0 Å². The maximum atomic E-state index is 12.5. The molecule has 0 bridgehead atoms. The number of hydrogen-bond donors (Lipinski definition) is 0. The third kappa shape index (κ3) is 4.11. The van der Waals surface area contributed by atoms with Crippen molar-refractivity contribution in [2.24, 2.45) is 0 Å². The van der Waals surface area contributed by atoms with Gasteiger partial charge in [0.25, 0.3) is 0 Å². The Balaban J connectivity index is 1.70. The molecule has 0 aliphatic rings. The van der Waals surface area contributed by atoms with Crippen LogP contribution >= 0.6 is 11.8 Å². The van der Waals surface area contributed by atoms with E-state index in [0.29, 0.717) is 16.6 Å². The van der Waals surface area contributed by atoms with E-state index in [4.69, 9.17) is 4.74 Å². The Labute approximate surface area is 156 Å². The van der Waals surface area contributed by atoms with E-state index in [0.717, 1.165) is 11.4 Å². The standard InChI is InChI=1S/C19H20N4O2S/c1-13(2)14-7-9-15(10-8-14)18(24)12-26-19-20-21-22-23(19)16-5-4-6-17(11-16)25-3/h4-11,13H,12H2,1-3H3. The highest BCUT2D eigenvalue weighted by Gasteiger charge is 2.13. The van der Waals surface area contributed by atoms with Gasteiger partial charge in [-0.05, 0) is 34.0 Å². The van der Waals surface area contributed by atoms with E-state index in [2.05, 4.69) is 29.4 Å². The molecule has 26 heavy (non-hydrogen) atoms. The number of rotatable bonds is 7. The van der Waals surface area contributed by atoms with Gasteiger partial charge < -0.3 is 4.74 Å². The quantitative estimate of drug-likeness (QED) is 0.467. The van der Waals surface area contributed by atoms with Crippen molar-refractivity contribution in [3.63, 3.8) is 0 Å². The molecule has 0 amide bonds. The summed E-state index contributed by atoms with van der Waals surface area (Å²) in [7, 11) is 1.61. The molecule has 0 atom stereocenters. The number of hydrogen-bond acceptors (Lipinski definition) is 6. The number of Topliss-reactive ketones (excluding diaryl/α,β-unsaturated/α-hetero) is 1. The molecule has 0 aliphatic heterocycles. The van der Waals surface area contributed by atoms with E-state index in [1.54, 1.807) is 11.8 Å². The Morgan fingerprint density at radius 3 is 2.65 bits per heavy atom. The monoisotopic (exact) mass is 368 g/mol. The first-order valence-electron chi connectivity index (χ1n) is 8.27. The first kappa shape index (κ1) is 18.1. The van der Waals surface area contributed by atoms with E-state index < -0.39 is 0 Å². The van der Waals surface area contributed by atoms with Gasteiger partial charge in [-0.15, -0.1) is 5.10 Å². The van der Waals surface area contributed by atoms with Gasteiger partial charge in [0.15, 0.2) is 5.78 Å². The van der Waals surface area contributed by atoms with Gasteiger partial charge in [0, 0.05) is 11.6 Å². The van der Waals surface area contributed by atoms with E-state index in [1.165, 1.54) is 17.3 Å². The zero-order chi connectivity index (χ0) is 18.5. The minimum absolute atomic E-state index is 0.0468. The molecule has 7 heteroatoms. The lowest BCUT2D eigenvalue weighted by molar-refractivity contribution is 0.102. The van der Waals surface area contributed by atoms with Crippen LogP contribution in [-0.2, 0) is 0 Å². The summed E-state index contributed by atoms with van der Waals surface area (Å²) in [5, 5.41) is 12.3. The second-order valence-electron chi connectivity index (χ2n) is 6.06. The largest absolute Gasteiger partial charge is 0.497 e. The van der Waals surface area contributed by atoms with Crippen LogP contribution in [0.2, 0.25) is 0 Å². The van der Waals surface area contributed by atoms with Gasteiger partial charge in [-0.2, -0.15) is 4.68 Å². The number of ketones is 1. The van der Waals surface area contributed by atoms with Crippen LogP contribution in [0, 0.1) is 0 Å². The predicted molar refractivity (Wildman–Crippen MR) is 101 cm³/mol. The van der Waals surface area contributed by atoms with Gasteiger partial charge in [-0.1, -0.05) is 55.9 Å². The summed E-state index contributed by atoms with van der Waals surface area (Å²) in [6.45, 7) is 4.26. The third-order valence-electron chi connectivity index (χ3n) is 3.97. The van der Waals surface area contributed by atoms with Gasteiger partial charge in [-0.25, -0.2) is 0 Å². The number of tetrazole rings is 1. The van der Waals surface area contributed by atoms with Gasteiger partial charge in [0.1, 0.15) is 5.75 Å². The first-order valence-corrected chi connectivity index (χ1v) is 9.26. The Kier molecular flexibility index (Phi) is 5.68.